The van der Waals surface area contributed by atoms with E-state index >= 15 is 0 Å². The molecule has 0 aromatic carbocycles. The van der Waals surface area contributed by atoms with E-state index in [2.05, 4.69) is 15.0 Å². The molecule has 94 valence electrons. The highest BCUT2D eigenvalue weighted by atomic mass is 16.5. The van der Waals surface area contributed by atoms with Crippen LogP contribution in [0.3, 0.4) is 0 Å². The van der Waals surface area contributed by atoms with Crippen molar-refractivity contribution in [3.8, 4) is 0 Å². The van der Waals surface area contributed by atoms with E-state index in [9.17, 15) is 4.79 Å². The van der Waals surface area contributed by atoms with Crippen molar-refractivity contribution >= 4 is 5.97 Å². The summed E-state index contributed by atoms with van der Waals surface area (Å²) in [5.41, 5.74) is 1.13. The second kappa shape index (κ2) is 6.95. The van der Waals surface area contributed by atoms with Crippen LogP contribution in [-0.4, -0.2) is 47.5 Å². The molecule has 0 aliphatic rings. The molecule has 1 aromatic heterocycles. The summed E-state index contributed by atoms with van der Waals surface area (Å²) in [6, 6.07) is 3.32. The Morgan fingerprint density at radius 2 is 2.35 bits per heavy atom. The summed E-state index contributed by atoms with van der Waals surface area (Å²) >= 11 is 0. The number of methoxy groups -OCH3 is 1. The lowest BCUT2D eigenvalue weighted by Crippen LogP contribution is -2.29. The van der Waals surface area contributed by atoms with Gasteiger partial charge in [-0.3, -0.25) is 4.98 Å². The molecule has 1 rings (SSSR count). The highest BCUT2D eigenvalue weighted by Crippen LogP contribution is 2.01. The molecule has 0 bridgehead atoms. The number of hydrogen-bond donors (Lipinski definition) is 3. The van der Waals surface area contributed by atoms with E-state index in [-0.39, 0.29) is 13.2 Å². The molecule has 0 aliphatic carbocycles. The predicted octanol–water partition coefficient (Wildman–Crippen LogP) is -0.689. The van der Waals surface area contributed by atoms with Crippen LogP contribution in [0, 0.1) is 0 Å². The molecule has 3 N–H and O–H groups in total. The van der Waals surface area contributed by atoms with Crippen LogP contribution in [0.5, 0.6) is 0 Å². The highest BCUT2D eigenvalue weighted by Gasteiger charge is 2.05. The Hall–Kier alpha value is -1.50. The van der Waals surface area contributed by atoms with Gasteiger partial charge in [-0.1, -0.05) is 0 Å². The number of aromatic nitrogens is 1. The van der Waals surface area contributed by atoms with Crippen LogP contribution in [0.2, 0.25) is 0 Å². The van der Waals surface area contributed by atoms with E-state index in [0.717, 1.165) is 5.69 Å². The number of pyridine rings is 1. The molecular weight excluding hydrogens is 224 g/mol. The fourth-order valence-corrected chi connectivity index (χ4v) is 1.20. The van der Waals surface area contributed by atoms with Crippen LogP contribution in [0.15, 0.2) is 18.3 Å². The number of aliphatic hydroxyl groups is 2. The summed E-state index contributed by atoms with van der Waals surface area (Å²) in [5.74, 6) is -0.423. The van der Waals surface area contributed by atoms with Gasteiger partial charge >= 0.3 is 5.97 Å². The van der Waals surface area contributed by atoms with Crippen LogP contribution in [-0.2, 0) is 11.3 Å². The third-order valence-corrected chi connectivity index (χ3v) is 2.14. The van der Waals surface area contributed by atoms with Crippen molar-refractivity contribution in [2.75, 3.05) is 20.3 Å². The summed E-state index contributed by atoms with van der Waals surface area (Å²) in [7, 11) is 1.31. The Labute approximate surface area is 99.3 Å². The Balaban J connectivity index is 2.43. The predicted molar refractivity (Wildman–Crippen MR) is 60.4 cm³/mol. The quantitative estimate of drug-likeness (QED) is 0.570. The van der Waals surface area contributed by atoms with Gasteiger partial charge in [-0.15, -0.1) is 0 Å². The van der Waals surface area contributed by atoms with Crippen LogP contribution < -0.4 is 5.32 Å². The van der Waals surface area contributed by atoms with Gasteiger partial charge < -0.3 is 20.3 Å². The van der Waals surface area contributed by atoms with Gasteiger partial charge in [0.15, 0.2) is 0 Å². The Kier molecular flexibility index (Phi) is 5.55. The maximum absolute atomic E-state index is 11.1. The molecule has 0 spiro atoms. The minimum Gasteiger partial charge on any atom is -0.465 e. The molecule has 1 heterocycles. The van der Waals surface area contributed by atoms with Crippen molar-refractivity contribution in [2.24, 2.45) is 0 Å². The highest BCUT2D eigenvalue weighted by molar-refractivity contribution is 5.88. The molecule has 17 heavy (non-hydrogen) atoms. The number of carbonyl (C=O) groups excluding carboxylic acids is 1. The molecule has 1 unspecified atom stereocenters. The first kappa shape index (κ1) is 13.6. The van der Waals surface area contributed by atoms with Gasteiger partial charge in [0.25, 0.3) is 0 Å². The fourth-order valence-electron chi connectivity index (χ4n) is 1.20. The van der Waals surface area contributed by atoms with Crippen molar-refractivity contribution in [1.29, 1.82) is 0 Å². The van der Waals surface area contributed by atoms with Crippen LogP contribution in [0.4, 0.5) is 0 Å². The third kappa shape index (κ3) is 4.48. The largest absolute Gasteiger partial charge is 0.465 e. The molecule has 6 nitrogen and oxygen atoms in total. The fraction of sp³-hybridized carbons (Fsp3) is 0.455. The van der Waals surface area contributed by atoms with Crippen molar-refractivity contribution < 1.29 is 19.7 Å². The summed E-state index contributed by atoms with van der Waals surface area (Å²) < 4.78 is 4.55. The average molecular weight is 240 g/mol. The number of aliphatic hydroxyl groups excluding tert-OH is 2. The first-order valence-electron chi connectivity index (χ1n) is 5.20. The Bertz CT molecular complexity index is 353. The zero-order chi connectivity index (χ0) is 12.7. The Morgan fingerprint density at radius 3 is 2.88 bits per heavy atom. The number of esters is 1. The van der Waals surface area contributed by atoms with Crippen LogP contribution in [0.25, 0.3) is 0 Å². The molecule has 0 fully saturated rings. The number of ether oxygens (including phenoxy) is 1. The van der Waals surface area contributed by atoms with Gasteiger partial charge in [0.05, 0.1) is 31.1 Å². The average Bonchev–Trinajstić information content (AvgIpc) is 2.38. The molecule has 0 radical (unpaired) electrons. The van der Waals surface area contributed by atoms with Gasteiger partial charge in [0, 0.05) is 19.3 Å². The van der Waals surface area contributed by atoms with E-state index < -0.39 is 12.1 Å². The standard InChI is InChI=1S/C11H16N2O4/c1-17-11(16)8-2-3-9(13-4-8)5-12-6-10(15)7-14/h2-4,10,12,14-15H,5-7H2,1H3. The number of nitrogens with one attached hydrogen (secondary N) is 1. The van der Waals surface area contributed by atoms with Gasteiger partial charge in [-0.25, -0.2) is 4.79 Å². The first-order chi connectivity index (χ1) is 8.17. The monoisotopic (exact) mass is 240 g/mol. The lowest BCUT2D eigenvalue weighted by atomic mass is 10.2. The first-order valence-corrected chi connectivity index (χ1v) is 5.20. The minimum atomic E-state index is -0.774. The second-order valence-electron chi connectivity index (χ2n) is 3.50. The van der Waals surface area contributed by atoms with Crippen molar-refractivity contribution in [1.82, 2.24) is 10.3 Å². The van der Waals surface area contributed by atoms with Gasteiger partial charge in [-0.2, -0.15) is 0 Å². The van der Waals surface area contributed by atoms with Gasteiger partial charge in [0.1, 0.15) is 0 Å². The second-order valence-corrected chi connectivity index (χ2v) is 3.50. The van der Waals surface area contributed by atoms with Crippen molar-refractivity contribution in [2.45, 2.75) is 12.6 Å². The molecule has 0 saturated heterocycles. The molecule has 0 saturated carbocycles. The lowest BCUT2D eigenvalue weighted by Gasteiger charge is -2.08. The van der Waals surface area contributed by atoms with Crippen LogP contribution >= 0.6 is 0 Å². The summed E-state index contributed by atoms with van der Waals surface area (Å²) in [5, 5.41) is 20.6. The summed E-state index contributed by atoms with van der Waals surface area (Å²) in [4.78, 5) is 15.2. The number of carbonyl (C=O) groups is 1. The molecule has 6 heteroatoms. The summed E-state index contributed by atoms with van der Waals surface area (Å²) in [6.45, 7) is 0.469. The Morgan fingerprint density at radius 1 is 1.59 bits per heavy atom. The van der Waals surface area contributed by atoms with E-state index in [0.29, 0.717) is 12.1 Å². The van der Waals surface area contributed by atoms with E-state index in [1.807, 2.05) is 0 Å². The van der Waals surface area contributed by atoms with Crippen molar-refractivity contribution in [3.05, 3.63) is 29.6 Å². The van der Waals surface area contributed by atoms with Gasteiger partial charge in [0.2, 0.25) is 0 Å². The van der Waals surface area contributed by atoms with E-state index in [1.165, 1.54) is 13.3 Å². The molecule has 0 amide bonds. The molecule has 1 aromatic rings. The minimum absolute atomic E-state index is 0.276. The van der Waals surface area contributed by atoms with Crippen LogP contribution in [0.1, 0.15) is 16.1 Å². The zero-order valence-corrected chi connectivity index (χ0v) is 9.59. The smallest absolute Gasteiger partial charge is 0.339 e. The lowest BCUT2D eigenvalue weighted by molar-refractivity contribution is 0.0600. The SMILES string of the molecule is COC(=O)c1ccc(CNCC(O)CO)nc1. The number of hydrogen-bond acceptors (Lipinski definition) is 6. The summed E-state index contributed by atoms with van der Waals surface area (Å²) in [6.07, 6.45) is 0.662. The van der Waals surface area contributed by atoms with Gasteiger partial charge in [-0.05, 0) is 12.1 Å². The molecule has 1 atom stereocenters. The molecular formula is C11H16N2O4. The topological polar surface area (TPSA) is 91.7 Å². The van der Waals surface area contributed by atoms with E-state index in [1.54, 1.807) is 12.1 Å². The van der Waals surface area contributed by atoms with Crippen molar-refractivity contribution in [3.63, 3.8) is 0 Å². The molecule has 0 aliphatic heterocycles. The normalized spacial score (nSPS) is 12.2. The maximum Gasteiger partial charge on any atom is 0.339 e. The maximum atomic E-state index is 11.1. The van der Waals surface area contributed by atoms with E-state index in [4.69, 9.17) is 10.2 Å². The third-order valence-electron chi connectivity index (χ3n) is 2.14. The number of rotatable bonds is 6. The number of nitrogens with zero attached hydrogens (tertiary/aromatic N) is 1. The zero-order valence-electron chi connectivity index (χ0n) is 9.59.